The average molecular weight is 283 g/mol. The number of ether oxygens (including phenoxy) is 1. The zero-order valence-electron chi connectivity index (χ0n) is 10.6. The van der Waals surface area contributed by atoms with Crippen molar-refractivity contribution in [3.63, 3.8) is 0 Å². The number of sulfonamides is 1. The van der Waals surface area contributed by atoms with Gasteiger partial charge in [0.1, 0.15) is 6.10 Å². The van der Waals surface area contributed by atoms with Crippen molar-refractivity contribution in [3.8, 4) is 5.88 Å². The number of hydrogen-bond acceptors (Lipinski definition) is 5. The van der Waals surface area contributed by atoms with Crippen molar-refractivity contribution in [1.82, 2.24) is 14.5 Å². The van der Waals surface area contributed by atoms with Crippen LogP contribution in [0.4, 0.5) is 0 Å². The molecule has 0 aromatic carbocycles. The lowest BCUT2D eigenvalue weighted by Crippen LogP contribution is -2.45. The first-order chi connectivity index (χ1) is 9.16. The van der Waals surface area contributed by atoms with Gasteiger partial charge in [0.25, 0.3) is 0 Å². The fraction of sp³-hybridized carbons (Fsp3) is 0.667. The maximum atomic E-state index is 12.2. The molecule has 0 bridgehead atoms. The Labute approximate surface area is 112 Å². The molecule has 1 aliphatic heterocycles. The topological polar surface area (TPSA) is 72.4 Å². The predicted octanol–water partition coefficient (Wildman–Crippen LogP) is 0.812. The number of rotatable bonds is 4. The highest BCUT2D eigenvalue weighted by Crippen LogP contribution is 2.32. The number of hydrogen-bond donors (Lipinski definition) is 0. The minimum Gasteiger partial charge on any atom is -0.472 e. The molecule has 19 heavy (non-hydrogen) atoms. The lowest BCUT2D eigenvalue weighted by Gasteiger charge is -2.31. The Hall–Kier alpha value is -1.21. The lowest BCUT2D eigenvalue weighted by molar-refractivity contribution is 0.123. The van der Waals surface area contributed by atoms with E-state index in [0.29, 0.717) is 19.0 Å². The fourth-order valence-electron chi connectivity index (χ4n) is 2.33. The largest absolute Gasteiger partial charge is 0.472 e. The third kappa shape index (κ3) is 2.87. The van der Waals surface area contributed by atoms with Gasteiger partial charge in [-0.1, -0.05) is 0 Å². The Bertz CT molecular complexity index is 530. The molecule has 0 spiro atoms. The Balaban J connectivity index is 1.65. The monoisotopic (exact) mass is 283 g/mol. The molecule has 2 fully saturated rings. The first kappa shape index (κ1) is 12.8. The number of nitrogens with zero attached hydrogens (tertiary/aromatic N) is 3. The molecule has 104 valence electrons. The van der Waals surface area contributed by atoms with E-state index in [0.717, 1.165) is 25.7 Å². The quantitative estimate of drug-likeness (QED) is 0.817. The Morgan fingerprint density at radius 1 is 1.32 bits per heavy atom. The summed E-state index contributed by atoms with van der Waals surface area (Å²) in [5, 5.41) is 7.47. The zero-order valence-corrected chi connectivity index (χ0v) is 11.4. The third-order valence-electron chi connectivity index (χ3n) is 3.48. The Kier molecular flexibility index (Phi) is 3.40. The van der Waals surface area contributed by atoms with Crippen LogP contribution < -0.4 is 4.74 Å². The first-order valence-corrected chi connectivity index (χ1v) is 8.10. The summed E-state index contributed by atoms with van der Waals surface area (Å²) in [6, 6.07) is 3.49. The van der Waals surface area contributed by atoms with Crippen LogP contribution in [0.1, 0.15) is 25.7 Å². The van der Waals surface area contributed by atoms with E-state index in [1.807, 2.05) is 0 Å². The van der Waals surface area contributed by atoms with Crippen LogP contribution in [0.15, 0.2) is 18.3 Å². The van der Waals surface area contributed by atoms with Gasteiger partial charge in [0.15, 0.2) is 0 Å². The van der Waals surface area contributed by atoms with Crippen molar-refractivity contribution in [2.75, 3.05) is 13.1 Å². The van der Waals surface area contributed by atoms with Crippen LogP contribution in [0.2, 0.25) is 0 Å². The van der Waals surface area contributed by atoms with Crippen LogP contribution in [0.25, 0.3) is 0 Å². The van der Waals surface area contributed by atoms with Gasteiger partial charge in [-0.25, -0.2) is 8.42 Å². The van der Waals surface area contributed by atoms with Crippen LogP contribution >= 0.6 is 0 Å². The molecule has 1 aromatic heterocycles. The van der Waals surface area contributed by atoms with E-state index >= 15 is 0 Å². The number of aromatic nitrogens is 2. The van der Waals surface area contributed by atoms with E-state index in [9.17, 15) is 8.42 Å². The molecule has 2 heterocycles. The highest BCUT2D eigenvalue weighted by atomic mass is 32.2. The number of piperidine rings is 1. The highest BCUT2D eigenvalue weighted by molar-refractivity contribution is 7.90. The van der Waals surface area contributed by atoms with E-state index in [-0.39, 0.29) is 11.4 Å². The van der Waals surface area contributed by atoms with Crippen LogP contribution in [-0.4, -0.2) is 47.4 Å². The summed E-state index contributed by atoms with van der Waals surface area (Å²) in [5.74, 6) is 0.457. The summed E-state index contributed by atoms with van der Waals surface area (Å²) in [7, 11) is -3.10. The second kappa shape index (κ2) is 5.05. The molecule has 3 rings (SSSR count). The van der Waals surface area contributed by atoms with Crippen molar-refractivity contribution in [2.45, 2.75) is 37.0 Å². The summed E-state index contributed by atoms with van der Waals surface area (Å²) in [6.45, 7) is 1.04. The molecule has 0 radical (unpaired) electrons. The normalized spacial score (nSPS) is 25.2. The molecule has 1 atom stereocenters. The highest BCUT2D eigenvalue weighted by Gasteiger charge is 2.41. The smallest absolute Gasteiger partial charge is 0.233 e. The van der Waals surface area contributed by atoms with Gasteiger partial charge < -0.3 is 4.74 Å². The molecule has 0 unspecified atom stereocenters. The van der Waals surface area contributed by atoms with Crippen LogP contribution in [0, 0.1) is 0 Å². The SMILES string of the molecule is O=S(=O)(C1CC1)N1CCC[C@@H](Oc2cccnn2)C1. The van der Waals surface area contributed by atoms with Gasteiger partial charge in [-0.15, -0.1) is 5.10 Å². The maximum absolute atomic E-state index is 12.2. The molecule has 1 aromatic rings. The zero-order chi connectivity index (χ0) is 13.3. The maximum Gasteiger partial charge on any atom is 0.233 e. The summed E-state index contributed by atoms with van der Waals surface area (Å²) in [5.41, 5.74) is 0. The van der Waals surface area contributed by atoms with Gasteiger partial charge in [-0.05, 0) is 31.7 Å². The summed E-state index contributed by atoms with van der Waals surface area (Å²) < 4.78 is 31.7. The van der Waals surface area contributed by atoms with Crippen molar-refractivity contribution in [3.05, 3.63) is 18.3 Å². The van der Waals surface area contributed by atoms with Crippen molar-refractivity contribution >= 4 is 10.0 Å². The van der Waals surface area contributed by atoms with Crippen molar-refractivity contribution < 1.29 is 13.2 Å². The summed E-state index contributed by atoms with van der Waals surface area (Å²) in [4.78, 5) is 0. The Morgan fingerprint density at radius 2 is 2.16 bits per heavy atom. The molecule has 6 nitrogen and oxygen atoms in total. The third-order valence-corrected chi connectivity index (χ3v) is 5.85. The second-order valence-electron chi connectivity index (χ2n) is 5.05. The molecular weight excluding hydrogens is 266 g/mol. The fourth-order valence-corrected chi connectivity index (χ4v) is 4.24. The second-order valence-corrected chi connectivity index (χ2v) is 7.26. The minimum atomic E-state index is -3.10. The summed E-state index contributed by atoms with van der Waals surface area (Å²) >= 11 is 0. The first-order valence-electron chi connectivity index (χ1n) is 6.59. The van der Waals surface area contributed by atoms with Gasteiger partial charge >= 0.3 is 0 Å². The van der Waals surface area contributed by atoms with Crippen molar-refractivity contribution in [1.29, 1.82) is 0 Å². The molecule has 1 saturated carbocycles. The molecule has 7 heteroatoms. The van der Waals surface area contributed by atoms with Crippen LogP contribution in [0.3, 0.4) is 0 Å². The molecule has 2 aliphatic rings. The van der Waals surface area contributed by atoms with Gasteiger partial charge in [-0.3, -0.25) is 0 Å². The van der Waals surface area contributed by atoms with Gasteiger partial charge in [-0.2, -0.15) is 9.40 Å². The minimum absolute atomic E-state index is 0.126. The Morgan fingerprint density at radius 3 is 2.84 bits per heavy atom. The van der Waals surface area contributed by atoms with Crippen LogP contribution in [-0.2, 0) is 10.0 Å². The van der Waals surface area contributed by atoms with E-state index in [4.69, 9.17) is 4.74 Å². The lowest BCUT2D eigenvalue weighted by atomic mass is 10.1. The van der Waals surface area contributed by atoms with E-state index in [1.54, 1.807) is 22.6 Å². The molecule has 0 N–H and O–H groups in total. The van der Waals surface area contributed by atoms with Crippen molar-refractivity contribution in [2.24, 2.45) is 0 Å². The summed E-state index contributed by atoms with van der Waals surface area (Å²) in [6.07, 6.45) is 4.74. The van der Waals surface area contributed by atoms with E-state index < -0.39 is 10.0 Å². The van der Waals surface area contributed by atoms with Gasteiger partial charge in [0.2, 0.25) is 15.9 Å². The van der Waals surface area contributed by atoms with Crippen LogP contribution in [0.5, 0.6) is 5.88 Å². The van der Waals surface area contributed by atoms with E-state index in [2.05, 4.69) is 10.2 Å². The molecular formula is C12H17N3O3S. The average Bonchev–Trinajstić information content (AvgIpc) is 3.25. The molecule has 1 aliphatic carbocycles. The van der Waals surface area contributed by atoms with Gasteiger partial charge in [0, 0.05) is 18.8 Å². The standard InChI is InChI=1S/C12H17N3O3S/c16-19(17,11-5-6-11)15-8-2-3-10(9-15)18-12-4-1-7-13-14-12/h1,4,7,10-11H,2-3,5-6,8-9H2/t10-/m1/s1. The molecule has 0 amide bonds. The van der Waals surface area contributed by atoms with Gasteiger partial charge in [0.05, 0.1) is 11.8 Å². The predicted molar refractivity (Wildman–Crippen MR) is 69.2 cm³/mol. The molecule has 1 saturated heterocycles. The van der Waals surface area contributed by atoms with E-state index in [1.165, 1.54) is 0 Å².